The number of morpholine rings is 1. The van der Waals surface area contributed by atoms with Gasteiger partial charge in [0.1, 0.15) is 11.9 Å². The summed E-state index contributed by atoms with van der Waals surface area (Å²) >= 11 is 1.56. The number of aliphatic hydroxyl groups excluding tert-OH is 1. The maximum atomic E-state index is 10.4. The standard InChI is InChI=1S/C16H17N3O2S/c17-9-12-3-4-16(18-10-12)19-5-6-21-11-13(19)8-14(20)15-2-1-7-22-15/h1-4,7,10,13-14,20H,5-6,8,11H2. The molecule has 2 aromatic rings. The average Bonchev–Trinajstić information content (AvgIpc) is 3.10. The minimum Gasteiger partial charge on any atom is -0.387 e. The van der Waals surface area contributed by atoms with Crippen molar-refractivity contribution in [2.45, 2.75) is 18.6 Å². The van der Waals surface area contributed by atoms with Crippen molar-refractivity contribution in [1.82, 2.24) is 4.98 Å². The third kappa shape index (κ3) is 3.28. The van der Waals surface area contributed by atoms with E-state index in [-0.39, 0.29) is 6.04 Å². The van der Waals surface area contributed by atoms with Crippen molar-refractivity contribution >= 4 is 17.2 Å². The summed E-state index contributed by atoms with van der Waals surface area (Å²) in [6, 6.07) is 9.67. The lowest BCUT2D eigenvalue weighted by molar-refractivity contribution is 0.0684. The molecule has 6 heteroatoms. The minimum absolute atomic E-state index is 0.0753. The van der Waals surface area contributed by atoms with Crippen LogP contribution in [0.4, 0.5) is 5.82 Å². The number of aliphatic hydroxyl groups is 1. The summed E-state index contributed by atoms with van der Waals surface area (Å²) in [6.45, 7) is 1.96. The highest BCUT2D eigenvalue weighted by molar-refractivity contribution is 7.10. The van der Waals surface area contributed by atoms with Crippen LogP contribution in [0.25, 0.3) is 0 Å². The molecular formula is C16H17N3O2S. The summed E-state index contributed by atoms with van der Waals surface area (Å²) in [7, 11) is 0. The Hall–Kier alpha value is -1.94. The lowest BCUT2D eigenvalue weighted by Gasteiger charge is -2.37. The first-order chi connectivity index (χ1) is 10.8. The molecule has 1 aliphatic heterocycles. The SMILES string of the molecule is N#Cc1ccc(N2CCOCC2CC(O)c2cccs2)nc1. The van der Waals surface area contributed by atoms with Gasteiger partial charge in [0.2, 0.25) is 0 Å². The molecule has 2 aromatic heterocycles. The Balaban J connectivity index is 1.74. The molecule has 5 nitrogen and oxygen atoms in total. The van der Waals surface area contributed by atoms with E-state index < -0.39 is 6.10 Å². The number of anilines is 1. The fraction of sp³-hybridized carbons (Fsp3) is 0.375. The predicted octanol–water partition coefficient (Wildman–Crippen LogP) is 2.34. The highest BCUT2D eigenvalue weighted by Gasteiger charge is 2.27. The van der Waals surface area contributed by atoms with E-state index in [9.17, 15) is 5.11 Å². The predicted molar refractivity (Wildman–Crippen MR) is 84.8 cm³/mol. The molecular weight excluding hydrogens is 298 g/mol. The van der Waals surface area contributed by atoms with Crippen molar-refractivity contribution in [3.63, 3.8) is 0 Å². The van der Waals surface area contributed by atoms with Crippen LogP contribution in [0, 0.1) is 11.3 Å². The van der Waals surface area contributed by atoms with Crippen LogP contribution in [0.1, 0.15) is 23.0 Å². The number of hydrogen-bond donors (Lipinski definition) is 1. The number of ether oxygens (including phenoxy) is 1. The van der Waals surface area contributed by atoms with Crippen molar-refractivity contribution in [3.05, 3.63) is 46.3 Å². The first kappa shape index (κ1) is 15.0. The van der Waals surface area contributed by atoms with Crippen LogP contribution in [0.15, 0.2) is 35.8 Å². The van der Waals surface area contributed by atoms with E-state index in [0.29, 0.717) is 25.2 Å². The Kier molecular flexibility index (Phi) is 4.68. The molecule has 0 amide bonds. The second kappa shape index (κ2) is 6.88. The maximum Gasteiger partial charge on any atom is 0.128 e. The molecule has 2 unspecified atom stereocenters. The van der Waals surface area contributed by atoms with E-state index in [1.807, 2.05) is 23.6 Å². The van der Waals surface area contributed by atoms with Gasteiger partial charge in [-0.1, -0.05) is 6.07 Å². The van der Waals surface area contributed by atoms with Gasteiger partial charge >= 0.3 is 0 Å². The van der Waals surface area contributed by atoms with Crippen molar-refractivity contribution < 1.29 is 9.84 Å². The topological polar surface area (TPSA) is 69.4 Å². The second-order valence-corrected chi connectivity index (χ2v) is 6.19. The third-order valence-electron chi connectivity index (χ3n) is 3.77. The summed E-state index contributed by atoms with van der Waals surface area (Å²) in [5.41, 5.74) is 0.548. The van der Waals surface area contributed by atoms with Gasteiger partial charge in [0, 0.05) is 24.0 Å². The Morgan fingerprint density at radius 2 is 2.41 bits per heavy atom. The zero-order chi connectivity index (χ0) is 15.4. The van der Waals surface area contributed by atoms with Gasteiger partial charge in [0.15, 0.2) is 0 Å². The quantitative estimate of drug-likeness (QED) is 0.938. The molecule has 3 heterocycles. The van der Waals surface area contributed by atoms with Gasteiger partial charge in [-0.2, -0.15) is 5.26 Å². The molecule has 0 aliphatic carbocycles. The number of nitriles is 1. The summed E-state index contributed by atoms with van der Waals surface area (Å²) in [5, 5.41) is 21.2. The van der Waals surface area contributed by atoms with E-state index in [0.717, 1.165) is 17.2 Å². The average molecular weight is 315 g/mol. The zero-order valence-electron chi connectivity index (χ0n) is 12.1. The Bertz CT molecular complexity index is 636. The molecule has 22 heavy (non-hydrogen) atoms. The van der Waals surface area contributed by atoms with Crippen LogP contribution < -0.4 is 4.90 Å². The summed E-state index contributed by atoms with van der Waals surface area (Å²) in [6.07, 6.45) is 1.69. The Morgan fingerprint density at radius 1 is 1.50 bits per heavy atom. The highest BCUT2D eigenvalue weighted by atomic mass is 32.1. The molecule has 1 N–H and O–H groups in total. The lowest BCUT2D eigenvalue weighted by Crippen LogP contribution is -2.46. The number of hydrogen-bond acceptors (Lipinski definition) is 6. The molecule has 0 radical (unpaired) electrons. The van der Waals surface area contributed by atoms with E-state index in [1.54, 1.807) is 23.6 Å². The van der Waals surface area contributed by atoms with Gasteiger partial charge < -0.3 is 14.7 Å². The van der Waals surface area contributed by atoms with Crippen molar-refractivity contribution in [2.24, 2.45) is 0 Å². The molecule has 1 saturated heterocycles. The van der Waals surface area contributed by atoms with Crippen LogP contribution in [0.5, 0.6) is 0 Å². The van der Waals surface area contributed by atoms with Crippen LogP contribution in [0.3, 0.4) is 0 Å². The molecule has 0 aromatic carbocycles. The second-order valence-electron chi connectivity index (χ2n) is 5.21. The van der Waals surface area contributed by atoms with Crippen LogP contribution in [0.2, 0.25) is 0 Å². The van der Waals surface area contributed by atoms with Gasteiger partial charge in [0.05, 0.1) is 30.9 Å². The van der Waals surface area contributed by atoms with Crippen molar-refractivity contribution in [1.29, 1.82) is 5.26 Å². The fourth-order valence-electron chi connectivity index (χ4n) is 2.63. The van der Waals surface area contributed by atoms with Gasteiger partial charge in [0.25, 0.3) is 0 Å². The fourth-order valence-corrected chi connectivity index (χ4v) is 3.35. The molecule has 1 aliphatic rings. The third-order valence-corrected chi connectivity index (χ3v) is 4.74. The smallest absolute Gasteiger partial charge is 0.128 e. The molecule has 0 saturated carbocycles. The molecule has 1 fully saturated rings. The first-order valence-corrected chi connectivity index (χ1v) is 8.08. The zero-order valence-corrected chi connectivity index (χ0v) is 12.9. The summed E-state index contributed by atoms with van der Waals surface area (Å²) < 4.78 is 5.57. The summed E-state index contributed by atoms with van der Waals surface area (Å²) in [5.74, 6) is 0.825. The van der Waals surface area contributed by atoms with Gasteiger partial charge in [-0.25, -0.2) is 4.98 Å². The molecule has 3 rings (SSSR count). The lowest BCUT2D eigenvalue weighted by atomic mass is 10.1. The van der Waals surface area contributed by atoms with Crippen LogP contribution >= 0.6 is 11.3 Å². The van der Waals surface area contributed by atoms with Crippen molar-refractivity contribution in [3.8, 4) is 6.07 Å². The maximum absolute atomic E-state index is 10.4. The molecule has 0 spiro atoms. The van der Waals surface area contributed by atoms with E-state index in [4.69, 9.17) is 10.00 Å². The van der Waals surface area contributed by atoms with E-state index in [2.05, 4.69) is 16.0 Å². The van der Waals surface area contributed by atoms with Gasteiger partial charge in [-0.05, 0) is 23.6 Å². The van der Waals surface area contributed by atoms with Gasteiger partial charge in [-0.3, -0.25) is 0 Å². The molecule has 0 bridgehead atoms. The van der Waals surface area contributed by atoms with Crippen molar-refractivity contribution in [2.75, 3.05) is 24.7 Å². The highest BCUT2D eigenvalue weighted by Crippen LogP contribution is 2.27. The number of nitrogens with zero attached hydrogens (tertiary/aromatic N) is 3. The number of thiophene rings is 1. The van der Waals surface area contributed by atoms with E-state index in [1.165, 1.54) is 0 Å². The van der Waals surface area contributed by atoms with Gasteiger partial charge in [-0.15, -0.1) is 11.3 Å². The molecule has 2 atom stereocenters. The van der Waals surface area contributed by atoms with Crippen LogP contribution in [-0.4, -0.2) is 35.9 Å². The number of aromatic nitrogens is 1. The molecule has 114 valence electrons. The number of pyridine rings is 1. The first-order valence-electron chi connectivity index (χ1n) is 7.20. The minimum atomic E-state index is -0.493. The Morgan fingerprint density at radius 3 is 3.09 bits per heavy atom. The van der Waals surface area contributed by atoms with Crippen LogP contribution in [-0.2, 0) is 4.74 Å². The Labute approximate surface area is 133 Å². The monoisotopic (exact) mass is 315 g/mol. The number of rotatable bonds is 4. The van der Waals surface area contributed by atoms with E-state index >= 15 is 0 Å². The largest absolute Gasteiger partial charge is 0.387 e. The summed E-state index contributed by atoms with van der Waals surface area (Å²) in [4.78, 5) is 7.49. The normalized spacial score (nSPS) is 19.6.